The normalized spacial score (nSPS) is 13.6. The number of Topliss-reactive ketones (excluding diaryl/α,β-unsaturated/α-hetero) is 1. The molecule has 0 bridgehead atoms. The number of ketones is 1. The Balaban J connectivity index is 2.91. The van der Waals surface area contributed by atoms with E-state index in [0.717, 1.165) is 12.3 Å². The molecular formula is C11H12F3NO. The number of pyridine rings is 1. The first kappa shape index (κ1) is 12.7. The van der Waals surface area contributed by atoms with E-state index in [9.17, 15) is 18.0 Å². The van der Waals surface area contributed by atoms with Crippen LogP contribution in [0.2, 0.25) is 0 Å². The number of aromatic nitrogens is 1. The Morgan fingerprint density at radius 1 is 1.44 bits per heavy atom. The predicted octanol–water partition coefficient (Wildman–Crippen LogP) is 3.18. The maximum absolute atomic E-state index is 12.2. The maximum Gasteiger partial charge on any atom is 0.417 e. The van der Waals surface area contributed by atoms with Gasteiger partial charge in [-0.1, -0.05) is 6.92 Å². The fourth-order valence-corrected chi connectivity index (χ4v) is 1.30. The van der Waals surface area contributed by atoms with E-state index in [1.807, 2.05) is 0 Å². The Bertz CT molecular complexity index is 370. The van der Waals surface area contributed by atoms with E-state index < -0.39 is 17.7 Å². The number of carbonyl (C=O) groups excluding carboxylic acids is 1. The first-order valence-electron chi connectivity index (χ1n) is 4.92. The fraction of sp³-hybridized carbons (Fsp3) is 0.455. The van der Waals surface area contributed by atoms with Crippen LogP contribution in [0.1, 0.15) is 37.4 Å². The first-order valence-corrected chi connectivity index (χ1v) is 4.92. The lowest BCUT2D eigenvalue weighted by atomic mass is 10.00. The van der Waals surface area contributed by atoms with Crippen molar-refractivity contribution in [3.8, 4) is 0 Å². The highest BCUT2D eigenvalue weighted by atomic mass is 19.4. The molecule has 0 fully saturated rings. The standard InChI is InChI=1S/C11H12F3NO/c1-3-10(16)7(2)9-5-4-8(6-15-9)11(12,13)14/h4-7H,3H2,1-2H3. The molecule has 5 heteroatoms. The first-order chi connectivity index (χ1) is 7.36. The van der Waals surface area contributed by atoms with Crippen molar-refractivity contribution in [1.82, 2.24) is 4.98 Å². The second kappa shape index (κ2) is 4.63. The fourth-order valence-electron chi connectivity index (χ4n) is 1.30. The summed E-state index contributed by atoms with van der Waals surface area (Å²) in [6.07, 6.45) is -3.28. The van der Waals surface area contributed by atoms with Gasteiger partial charge in [0.15, 0.2) is 0 Å². The van der Waals surface area contributed by atoms with E-state index >= 15 is 0 Å². The van der Waals surface area contributed by atoms with Gasteiger partial charge in [-0.15, -0.1) is 0 Å². The van der Waals surface area contributed by atoms with Crippen LogP contribution >= 0.6 is 0 Å². The summed E-state index contributed by atoms with van der Waals surface area (Å²) in [4.78, 5) is 15.0. The molecule has 0 aliphatic rings. The Kier molecular flexibility index (Phi) is 3.67. The summed E-state index contributed by atoms with van der Waals surface area (Å²) >= 11 is 0. The minimum absolute atomic E-state index is 0.0349. The maximum atomic E-state index is 12.2. The molecule has 0 aliphatic carbocycles. The molecule has 1 aromatic heterocycles. The summed E-state index contributed by atoms with van der Waals surface area (Å²) in [7, 11) is 0. The Hall–Kier alpha value is -1.39. The van der Waals surface area contributed by atoms with Gasteiger partial charge in [0.2, 0.25) is 0 Å². The van der Waals surface area contributed by atoms with E-state index in [1.54, 1.807) is 13.8 Å². The van der Waals surface area contributed by atoms with Crippen LogP contribution in [0, 0.1) is 0 Å². The van der Waals surface area contributed by atoms with Crippen LogP contribution in [-0.4, -0.2) is 10.8 Å². The lowest BCUT2D eigenvalue weighted by molar-refractivity contribution is -0.137. The molecule has 0 aliphatic heterocycles. The van der Waals surface area contributed by atoms with Gasteiger partial charge < -0.3 is 0 Å². The SMILES string of the molecule is CCC(=O)C(C)c1ccc(C(F)(F)F)cn1. The molecule has 1 unspecified atom stereocenters. The molecule has 1 rings (SSSR count). The third kappa shape index (κ3) is 2.81. The molecule has 0 saturated heterocycles. The summed E-state index contributed by atoms with van der Waals surface area (Å²) in [6.45, 7) is 3.35. The van der Waals surface area contributed by atoms with Crippen molar-refractivity contribution in [3.05, 3.63) is 29.6 Å². The average Bonchev–Trinajstić information content (AvgIpc) is 2.26. The van der Waals surface area contributed by atoms with Crippen LogP contribution in [0.15, 0.2) is 18.3 Å². The van der Waals surface area contributed by atoms with Gasteiger partial charge in [-0.25, -0.2) is 0 Å². The van der Waals surface area contributed by atoms with Crippen molar-refractivity contribution in [1.29, 1.82) is 0 Å². The minimum Gasteiger partial charge on any atom is -0.299 e. The van der Waals surface area contributed by atoms with E-state index in [1.165, 1.54) is 6.07 Å². The van der Waals surface area contributed by atoms with Gasteiger partial charge in [-0.3, -0.25) is 9.78 Å². The smallest absolute Gasteiger partial charge is 0.299 e. The van der Waals surface area contributed by atoms with Crippen LogP contribution in [0.4, 0.5) is 13.2 Å². The van der Waals surface area contributed by atoms with E-state index in [2.05, 4.69) is 4.98 Å². The minimum atomic E-state index is -4.39. The lowest BCUT2D eigenvalue weighted by Gasteiger charge is -2.10. The molecule has 0 N–H and O–H groups in total. The van der Waals surface area contributed by atoms with E-state index in [0.29, 0.717) is 12.1 Å². The second-order valence-corrected chi connectivity index (χ2v) is 3.51. The van der Waals surface area contributed by atoms with Gasteiger partial charge >= 0.3 is 6.18 Å². The molecule has 2 nitrogen and oxygen atoms in total. The van der Waals surface area contributed by atoms with Crippen molar-refractivity contribution < 1.29 is 18.0 Å². The van der Waals surface area contributed by atoms with Crippen LogP contribution in [0.5, 0.6) is 0 Å². The number of hydrogen-bond donors (Lipinski definition) is 0. The van der Waals surface area contributed by atoms with E-state index in [4.69, 9.17) is 0 Å². The summed E-state index contributed by atoms with van der Waals surface area (Å²) in [6, 6.07) is 2.20. The molecule has 0 spiro atoms. The summed E-state index contributed by atoms with van der Waals surface area (Å²) < 4.78 is 36.7. The number of nitrogens with zero attached hydrogens (tertiary/aromatic N) is 1. The predicted molar refractivity (Wildman–Crippen MR) is 53.0 cm³/mol. The zero-order valence-corrected chi connectivity index (χ0v) is 9.01. The third-order valence-electron chi connectivity index (χ3n) is 2.39. The second-order valence-electron chi connectivity index (χ2n) is 3.51. The average molecular weight is 231 g/mol. The zero-order chi connectivity index (χ0) is 12.3. The molecule has 0 radical (unpaired) electrons. The molecule has 0 saturated carbocycles. The number of rotatable bonds is 3. The lowest BCUT2D eigenvalue weighted by Crippen LogP contribution is -2.11. The third-order valence-corrected chi connectivity index (χ3v) is 2.39. The van der Waals surface area contributed by atoms with Crippen LogP contribution in [-0.2, 0) is 11.0 Å². The highest BCUT2D eigenvalue weighted by Crippen LogP contribution is 2.29. The number of hydrogen-bond acceptors (Lipinski definition) is 2. The highest BCUT2D eigenvalue weighted by molar-refractivity contribution is 5.84. The molecule has 1 aromatic rings. The number of halogens is 3. The van der Waals surface area contributed by atoms with Crippen molar-refractivity contribution in [3.63, 3.8) is 0 Å². The quantitative estimate of drug-likeness (QED) is 0.799. The van der Waals surface area contributed by atoms with Gasteiger partial charge in [0.1, 0.15) is 5.78 Å². The number of alkyl halides is 3. The van der Waals surface area contributed by atoms with Crippen LogP contribution in [0.25, 0.3) is 0 Å². The van der Waals surface area contributed by atoms with Crippen LogP contribution < -0.4 is 0 Å². The molecule has 1 atom stereocenters. The Morgan fingerprint density at radius 3 is 2.44 bits per heavy atom. The monoisotopic (exact) mass is 231 g/mol. The van der Waals surface area contributed by atoms with Crippen molar-refractivity contribution in [2.75, 3.05) is 0 Å². The zero-order valence-electron chi connectivity index (χ0n) is 9.01. The van der Waals surface area contributed by atoms with Crippen molar-refractivity contribution in [2.24, 2.45) is 0 Å². The molecular weight excluding hydrogens is 219 g/mol. The molecule has 16 heavy (non-hydrogen) atoms. The van der Waals surface area contributed by atoms with Gasteiger partial charge in [0, 0.05) is 12.6 Å². The van der Waals surface area contributed by atoms with Crippen LogP contribution in [0.3, 0.4) is 0 Å². The van der Waals surface area contributed by atoms with Gasteiger partial charge in [0.25, 0.3) is 0 Å². The topological polar surface area (TPSA) is 30.0 Å². The van der Waals surface area contributed by atoms with Gasteiger partial charge in [0.05, 0.1) is 17.2 Å². The highest BCUT2D eigenvalue weighted by Gasteiger charge is 2.31. The van der Waals surface area contributed by atoms with Gasteiger partial charge in [-0.2, -0.15) is 13.2 Å². The Morgan fingerprint density at radius 2 is 2.06 bits per heavy atom. The van der Waals surface area contributed by atoms with Gasteiger partial charge in [-0.05, 0) is 19.1 Å². The number of carbonyl (C=O) groups is 1. The summed E-state index contributed by atoms with van der Waals surface area (Å²) in [5.41, 5.74) is -0.424. The molecule has 0 amide bonds. The van der Waals surface area contributed by atoms with E-state index in [-0.39, 0.29) is 5.78 Å². The largest absolute Gasteiger partial charge is 0.417 e. The van der Waals surface area contributed by atoms with Crippen molar-refractivity contribution >= 4 is 5.78 Å². The van der Waals surface area contributed by atoms with Crippen molar-refractivity contribution in [2.45, 2.75) is 32.4 Å². The summed E-state index contributed by atoms with van der Waals surface area (Å²) in [5.74, 6) is -0.487. The molecule has 1 heterocycles. The molecule has 88 valence electrons. The molecule has 0 aromatic carbocycles. The summed E-state index contributed by atoms with van der Waals surface area (Å²) in [5, 5.41) is 0. The Labute approximate surface area is 91.5 Å².